The number of hydrogen-bond acceptors (Lipinski definition) is 7. The number of nitrogens with one attached hydrogen (secondary N) is 2. The summed E-state index contributed by atoms with van der Waals surface area (Å²) in [7, 11) is 0. The third kappa shape index (κ3) is 5.21. The molecule has 2 aromatic heterocycles. The number of thioether (sulfide) groups is 1. The van der Waals surface area contributed by atoms with Gasteiger partial charge in [0.2, 0.25) is 11.8 Å². The summed E-state index contributed by atoms with van der Waals surface area (Å²) in [4.78, 5) is 23.6. The minimum atomic E-state index is -0.373. The van der Waals surface area contributed by atoms with E-state index in [2.05, 4.69) is 20.8 Å². The molecule has 0 saturated carbocycles. The lowest BCUT2D eigenvalue weighted by Gasteiger charge is -2.03. The molecule has 2 heterocycles. The van der Waals surface area contributed by atoms with E-state index in [4.69, 9.17) is 8.83 Å². The summed E-state index contributed by atoms with van der Waals surface area (Å²) in [5.74, 6) is 0.103. The molecule has 26 heavy (non-hydrogen) atoms. The number of carbonyl (C=O) groups excluding carboxylic acids is 2. The largest absolute Gasteiger partial charge is 0.459 e. The van der Waals surface area contributed by atoms with Crippen molar-refractivity contribution in [3.8, 4) is 0 Å². The molecule has 1 aromatic carbocycles. The summed E-state index contributed by atoms with van der Waals surface area (Å²) in [6, 6.07) is 12.8. The van der Waals surface area contributed by atoms with Gasteiger partial charge in [-0.05, 0) is 17.7 Å². The van der Waals surface area contributed by atoms with Gasteiger partial charge in [-0.1, -0.05) is 42.1 Å². The molecule has 2 N–H and O–H groups in total. The highest BCUT2D eigenvalue weighted by molar-refractivity contribution is 7.99. The van der Waals surface area contributed by atoms with E-state index in [1.807, 2.05) is 30.3 Å². The molecule has 8 nitrogen and oxygen atoms in total. The van der Waals surface area contributed by atoms with Gasteiger partial charge in [0.25, 0.3) is 11.1 Å². The van der Waals surface area contributed by atoms with Crippen LogP contribution in [0.4, 0.5) is 0 Å². The number of benzene rings is 1. The van der Waals surface area contributed by atoms with Crippen LogP contribution in [0.1, 0.15) is 22.0 Å². The van der Waals surface area contributed by atoms with Crippen LogP contribution in [-0.2, 0) is 17.9 Å². The second kappa shape index (κ2) is 8.86. The molecular formula is C17H16N4O4S. The van der Waals surface area contributed by atoms with Crippen molar-refractivity contribution >= 4 is 23.6 Å². The van der Waals surface area contributed by atoms with Crippen molar-refractivity contribution < 1.29 is 18.4 Å². The molecule has 0 saturated heterocycles. The average Bonchev–Trinajstić information content (AvgIpc) is 3.35. The highest BCUT2D eigenvalue weighted by Crippen LogP contribution is 2.15. The minimum absolute atomic E-state index is 0.0767. The van der Waals surface area contributed by atoms with Crippen LogP contribution in [0.2, 0.25) is 0 Å². The quantitative estimate of drug-likeness (QED) is 0.582. The van der Waals surface area contributed by atoms with Crippen LogP contribution in [0.25, 0.3) is 0 Å². The summed E-state index contributed by atoms with van der Waals surface area (Å²) in [5.41, 5.74) is 1.03. The van der Waals surface area contributed by atoms with E-state index in [0.29, 0.717) is 6.54 Å². The number of nitrogens with zero attached hydrogens (tertiary/aromatic N) is 2. The summed E-state index contributed by atoms with van der Waals surface area (Å²) in [5, 5.41) is 13.3. The van der Waals surface area contributed by atoms with Crippen molar-refractivity contribution in [2.75, 3.05) is 5.75 Å². The van der Waals surface area contributed by atoms with E-state index < -0.39 is 0 Å². The Morgan fingerprint density at radius 1 is 1.00 bits per heavy atom. The van der Waals surface area contributed by atoms with E-state index in [9.17, 15) is 9.59 Å². The average molecular weight is 372 g/mol. The first-order valence-corrected chi connectivity index (χ1v) is 8.77. The monoisotopic (exact) mass is 372 g/mol. The van der Waals surface area contributed by atoms with Gasteiger partial charge in [0.05, 0.1) is 18.6 Å². The lowest BCUT2D eigenvalue weighted by molar-refractivity contribution is -0.118. The van der Waals surface area contributed by atoms with Crippen LogP contribution in [0, 0.1) is 0 Å². The summed E-state index contributed by atoms with van der Waals surface area (Å²) < 4.78 is 10.4. The van der Waals surface area contributed by atoms with Crippen molar-refractivity contribution in [2.24, 2.45) is 0 Å². The zero-order valence-electron chi connectivity index (χ0n) is 13.7. The molecule has 0 aliphatic carbocycles. The molecule has 0 aliphatic rings. The molecule has 134 valence electrons. The van der Waals surface area contributed by atoms with Gasteiger partial charge >= 0.3 is 0 Å². The number of hydrogen-bond donors (Lipinski definition) is 2. The Morgan fingerprint density at radius 3 is 2.62 bits per heavy atom. The van der Waals surface area contributed by atoms with Crippen LogP contribution in [0.15, 0.2) is 62.8 Å². The lowest BCUT2D eigenvalue weighted by atomic mass is 10.2. The first kappa shape index (κ1) is 17.7. The molecular weight excluding hydrogens is 356 g/mol. The Morgan fingerprint density at radius 2 is 1.85 bits per heavy atom. The van der Waals surface area contributed by atoms with Gasteiger partial charge in [-0.3, -0.25) is 9.59 Å². The molecule has 0 bridgehead atoms. The van der Waals surface area contributed by atoms with Gasteiger partial charge in [0.15, 0.2) is 5.76 Å². The second-order valence-corrected chi connectivity index (χ2v) is 6.10. The van der Waals surface area contributed by atoms with Crippen LogP contribution in [0.5, 0.6) is 0 Å². The van der Waals surface area contributed by atoms with Crippen molar-refractivity contribution in [1.29, 1.82) is 0 Å². The zero-order valence-corrected chi connectivity index (χ0v) is 14.5. The topological polar surface area (TPSA) is 110 Å². The molecule has 3 aromatic rings. The second-order valence-electron chi connectivity index (χ2n) is 5.17. The molecule has 0 radical (unpaired) electrons. The number of rotatable bonds is 8. The van der Waals surface area contributed by atoms with E-state index in [1.165, 1.54) is 6.26 Å². The van der Waals surface area contributed by atoms with Crippen molar-refractivity contribution in [3.05, 3.63) is 65.9 Å². The minimum Gasteiger partial charge on any atom is -0.459 e. The number of amides is 2. The molecule has 0 unspecified atom stereocenters. The Labute approximate surface area is 153 Å². The Bertz CT molecular complexity index is 849. The van der Waals surface area contributed by atoms with E-state index >= 15 is 0 Å². The Hall–Kier alpha value is -3.07. The maximum Gasteiger partial charge on any atom is 0.287 e. The normalized spacial score (nSPS) is 10.5. The number of aromatic nitrogens is 2. The maximum atomic E-state index is 11.9. The number of furan rings is 1. The van der Waals surface area contributed by atoms with Crippen LogP contribution in [-0.4, -0.2) is 27.8 Å². The molecule has 0 fully saturated rings. The first-order chi connectivity index (χ1) is 12.7. The van der Waals surface area contributed by atoms with Gasteiger partial charge in [-0.25, -0.2) is 0 Å². The third-order valence-corrected chi connectivity index (χ3v) is 4.07. The molecule has 0 aliphatic heterocycles. The summed E-state index contributed by atoms with van der Waals surface area (Å²) >= 11 is 1.13. The standard InChI is InChI=1S/C17H16N4O4S/c22-14(18-9-12-5-2-1-3-6-12)11-26-17-21-20-15(25-17)10-19-16(23)13-7-4-8-24-13/h1-8H,9-11H2,(H,18,22)(H,19,23). The van der Waals surface area contributed by atoms with Gasteiger partial charge in [0.1, 0.15) is 0 Å². The fraction of sp³-hybridized carbons (Fsp3) is 0.176. The number of carbonyl (C=O) groups is 2. The predicted molar refractivity (Wildman–Crippen MR) is 93.2 cm³/mol. The lowest BCUT2D eigenvalue weighted by Crippen LogP contribution is -2.24. The van der Waals surface area contributed by atoms with Gasteiger partial charge in [-0.2, -0.15) is 0 Å². The SMILES string of the molecule is O=C(CSc1nnc(CNC(=O)c2ccco2)o1)NCc1ccccc1. The highest BCUT2D eigenvalue weighted by atomic mass is 32.2. The summed E-state index contributed by atoms with van der Waals surface area (Å²) in [6.45, 7) is 0.543. The molecule has 0 atom stereocenters. The van der Waals surface area contributed by atoms with E-state index in [1.54, 1.807) is 12.1 Å². The van der Waals surface area contributed by atoms with E-state index in [-0.39, 0.29) is 41.0 Å². The van der Waals surface area contributed by atoms with Crippen molar-refractivity contribution in [2.45, 2.75) is 18.3 Å². The molecule has 0 spiro atoms. The molecule has 9 heteroatoms. The molecule has 3 rings (SSSR count). The van der Waals surface area contributed by atoms with Crippen LogP contribution >= 0.6 is 11.8 Å². The smallest absolute Gasteiger partial charge is 0.287 e. The Kier molecular flexibility index (Phi) is 6.05. The molecule has 2 amide bonds. The zero-order chi connectivity index (χ0) is 18.2. The maximum absolute atomic E-state index is 11.9. The predicted octanol–water partition coefficient (Wildman–Crippen LogP) is 2.00. The Balaban J connectivity index is 1.39. The highest BCUT2D eigenvalue weighted by Gasteiger charge is 2.12. The summed E-state index contributed by atoms with van der Waals surface area (Å²) in [6.07, 6.45) is 1.42. The van der Waals surface area contributed by atoms with Gasteiger partial charge in [-0.15, -0.1) is 10.2 Å². The third-order valence-electron chi connectivity index (χ3n) is 3.25. The van der Waals surface area contributed by atoms with Crippen molar-refractivity contribution in [3.63, 3.8) is 0 Å². The van der Waals surface area contributed by atoms with Crippen LogP contribution in [0.3, 0.4) is 0 Å². The van der Waals surface area contributed by atoms with Gasteiger partial charge in [0, 0.05) is 6.54 Å². The first-order valence-electron chi connectivity index (χ1n) is 7.78. The van der Waals surface area contributed by atoms with Gasteiger partial charge < -0.3 is 19.5 Å². The van der Waals surface area contributed by atoms with E-state index in [0.717, 1.165) is 17.3 Å². The van der Waals surface area contributed by atoms with Crippen LogP contribution < -0.4 is 10.6 Å². The fourth-order valence-electron chi connectivity index (χ4n) is 1.99. The van der Waals surface area contributed by atoms with Crippen molar-refractivity contribution in [1.82, 2.24) is 20.8 Å². The fourth-order valence-corrected chi connectivity index (χ4v) is 2.60.